The molecule has 1 saturated heterocycles. The Kier molecular flexibility index (Phi) is 7.51. The van der Waals surface area contributed by atoms with Crippen LogP contribution in [0.4, 0.5) is 0 Å². The molecular formula is C21H28N4O5. The molecule has 9 nitrogen and oxygen atoms in total. The van der Waals surface area contributed by atoms with E-state index >= 15 is 0 Å². The zero-order valence-electron chi connectivity index (χ0n) is 16.9. The van der Waals surface area contributed by atoms with E-state index in [2.05, 4.69) is 10.3 Å². The predicted molar refractivity (Wildman–Crippen MR) is 106 cm³/mol. The second-order valence-corrected chi connectivity index (χ2v) is 8.06. The van der Waals surface area contributed by atoms with E-state index in [-0.39, 0.29) is 24.4 Å². The Morgan fingerprint density at radius 3 is 2.70 bits per heavy atom. The van der Waals surface area contributed by atoms with Crippen molar-refractivity contribution < 1.29 is 24.4 Å². The monoisotopic (exact) mass is 416 g/mol. The molecule has 2 fully saturated rings. The highest BCUT2D eigenvalue weighted by molar-refractivity contribution is 6.06. The third-order valence-electron chi connectivity index (χ3n) is 5.97. The Morgan fingerprint density at radius 2 is 2.03 bits per heavy atom. The summed E-state index contributed by atoms with van der Waals surface area (Å²) in [5.41, 5.74) is 0.266. The molecule has 2 atom stereocenters. The fourth-order valence-corrected chi connectivity index (χ4v) is 4.47. The first-order valence-electron chi connectivity index (χ1n) is 10.5. The van der Waals surface area contributed by atoms with E-state index in [4.69, 9.17) is 0 Å². The quantitative estimate of drug-likeness (QED) is 0.286. The summed E-state index contributed by atoms with van der Waals surface area (Å²) in [5.74, 6) is -1.54. The number of nitrogens with one attached hydrogen (secondary N) is 1. The third kappa shape index (κ3) is 5.41. The number of carbonyl (C=O) groups is 4. The highest BCUT2D eigenvalue weighted by Crippen LogP contribution is 2.32. The third-order valence-corrected chi connectivity index (χ3v) is 5.97. The smallest absolute Gasteiger partial charge is 0.259 e. The van der Waals surface area contributed by atoms with Gasteiger partial charge in [-0.15, -0.1) is 0 Å². The van der Waals surface area contributed by atoms with E-state index in [1.807, 2.05) is 0 Å². The van der Waals surface area contributed by atoms with Crippen LogP contribution in [0.2, 0.25) is 0 Å². The van der Waals surface area contributed by atoms with E-state index in [0.29, 0.717) is 36.8 Å². The summed E-state index contributed by atoms with van der Waals surface area (Å²) in [6, 6.07) is 2.42. The molecule has 0 aromatic carbocycles. The number of carbonyl (C=O) groups excluding carboxylic acids is 4. The van der Waals surface area contributed by atoms with Gasteiger partial charge in [0.1, 0.15) is 6.04 Å². The van der Waals surface area contributed by atoms with E-state index in [0.717, 1.165) is 25.7 Å². The molecule has 1 aliphatic heterocycles. The first-order valence-corrected chi connectivity index (χ1v) is 10.5. The number of hydrogen-bond donors (Lipinski definition) is 2. The molecule has 0 unspecified atom stereocenters. The van der Waals surface area contributed by atoms with Crippen molar-refractivity contribution in [2.45, 2.75) is 51.0 Å². The number of nitrogens with zero attached hydrogens (tertiary/aromatic N) is 3. The second-order valence-electron chi connectivity index (χ2n) is 8.06. The zero-order valence-corrected chi connectivity index (χ0v) is 16.9. The van der Waals surface area contributed by atoms with Crippen molar-refractivity contribution in [3.8, 4) is 0 Å². The first-order chi connectivity index (χ1) is 14.5. The fourth-order valence-electron chi connectivity index (χ4n) is 4.47. The van der Waals surface area contributed by atoms with Crippen LogP contribution in [0.15, 0.2) is 24.5 Å². The van der Waals surface area contributed by atoms with E-state index in [9.17, 15) is 24.4 Å². The summed E-state index contributed by atoms with van der Waals surface area (Å²) in [6.07, 6.45) is 9.17. The first kappa shape index (κ1) is 21.9. The summed E-state index contributed by atoms with van der Waals surface area (Å²) < 4.78 is 0. The summed E-state index contributed by atoms with van der Waals surface area (Å²) >= 11 is 0. The molecule has 2 heterocycles. The molecule has 1 aromatic rings. The highest BCUT2D eigenvalue weighted by atomic mass is 16.5. The van der Waals surface area contributed by atoms with E-state index < -0.39 is 23.8 Å². The molecule has 1 saturated carbocycles. The molecular weight excluding hydrogens is 388 g/mol. The molecule has 1 aromatic heterocycles. The van der Waals surface area contributed by atoms with Gasteiger partial charge < -0.3 is 4.90 Å². The van der Waals surface area contributed by atoms with Crippen LogP contribution in [0, 0.1) is 11.8 Å². The molecule has 2 aliphatic rings. The highest BCUT2D eigenvalue weighted by Gasteiger charge is 2.39. The lowest BCUT2D eigenvalue weighted by Crippen LogP contribution is -2.50. The number of aromatic nitrogens is 1. The Bertz CT molecular complexity index is 766. The molecule has 1 aliphatic carbocycles. The van der Waals surface area contributed by atoms with Crippen molar-refractivity contribution in [1.29, 1.82) is 0 Å². The molecule has 0 spiro atoms. The normalized spacial score (nSPS) is 20.0. The van der Waals surface area contributed by atoms with Crippen LogP contribution in [0.5, 0.6) is 0 Å². The van der Waals surface area contributed by atoms with Crippen LogP contribution in [0.3, 0.4) is 0 Å². The molecule has 9 heteroatoms. The molecule has 3 rings (SSSR count). The standard InChI is InChI=1S/C21H28N4O5/c26-14-24(30)13-17(11-15-5-1-2-6-15)21(29)25-10-4-8-18(25)20(28)23-19(27)16-7-3-9-22-12-16/h3,7,9,12,14-15,17-18,30H,1-2,4-6,8,10-11,13H2,(H,23,27,28)/t17-,18-/m1/s1. The topological polar surface area (TPSA) is 120 Å². The molecule has 162 valence electrons. The molecule has 0 radical (unpaired) electrons. The van der Waals surface area contributed by atoms with Crippen LogP contribution < -0.4 is 5.32 Å². The van der Waals surface area contributed by atoms with Gasteiger partial charge in [-0.3, -0.25) is 34.7 Å². The Balaban J connectivity index is 1.67. The minimum absolute atomic E-state index is 0.0989. The van der Waals surface area contributed by atoms with Crippen molar-refractivity contribution in [1.82, 2.24) is 20.3 Å². The summed E-state index contributed by atoms with van der Waals surface area (Å²) in [6.45, 7) is 0.309. The maximum absolute atomic E-state index is 13.3. The number of rotatable bonds is 8. The fraction of sp³-hybridized carbons (Fsp3) is 0.571. The van der Waals surface area contributed by atoms with Crippen molar-refractivity contribution >= 4 is 24.1 Å². The Morgan fingerprint density at radius 1 is 1.27 bits per heavy atom. The van der Waals surface area contributed by atoms with Crippen LogP contribution in [-0.4, -0.2) is 63.4 Å². The number of amides is 4. The lowest BCUT2D eigenvalue weighted by molar-refractivity contribution is -0.158. The van der Waals surface area contributed by atoms with Crippen LogP contribution >= 0.6 is 0 Å². The lowest BCUT2D eigenvalue weighted by atomic mass is 9.91. The molecule has 0 bridgehead atoms. The molecule has 2 N–H and O–H groups in total. The summed E-state index contributed by atoms with van der Waals surface area (Å²) in [7, 11) is 0. The van der Waals surface area contributed by atoms with Crippen molar-refractivity contribution in [2.24, 2.45) is 11.8 Å². The Labute approximate surface area is 175 Å². The van der Waals surface area contributed by atoms with Gasteiger partial charge in [0, 0.05) is 18.9 Å². The van der Waals surface area contributed by atoms with E-state index in [1.54, 1.807) is 12.1 Å². The largest absolute Gasteiger partial charge is 0.330 e. The zero-order chi connectivity index (χ0) is 21.5. The van der Waals surface area contributed by atoms with Gasteiger partial charge in [0.25, 0.3) is 5.91 Å². The second kappa shape index (κ2) is 10.3. The summed E-state index contributed by atoms with van der Waals surface area (Å²) in [4.78, 5) is 54.5. The van der Waals surface area contributed by atoms with Crippen LogP contribution in [0.1, 0.15) is 55.3 Å². The van der Waals surface area contributed by atoms with Gasteiger partial charge in [-0.25, -0.2) is 5.06 Å². The predicted octanol–water partition coefficient (Wildman–Crippen LogP) is 1.37. The van der Waals surface area contributed by atoms with Crippen LogP contribution in [0.25, 0.3) is 0 Å². The van der Waals surface area contributed by atoms with Gasteiger partial charge in [0.05, 0.1) is 18.0 Å². The van der Waals surface area contributed by atoms with Gasteiger partial charge in [0.15, 0.2) is 0 Å². The molecule has 30 heavy (non-hydrogen) atoms. The van der Waals surface area contributed by atoms with E-state index in [1.165, 1.54) is 17.3 Å². The van der Waals surface area contributed by atoms with Gasteiger partial charge in [-0.1, -0.05) is 25.7 Å². The van der Waals surface area contributed by atoms with Gasteiger partial charge in [-0.2, -0.15) is 0 Å². The Hall–Kier alpha value is -2.81. The minimum Gasteiger partial charge on any atom is -0.330 e. The summed E-state index contributed by atoms with van der Waals surface area (Å²) in [5, 5.41) is 12.5. The number of hydrogen-bond acceptors (Lipinski definition) is 6. The van der Waals surface area contributed by atoms with Crippen molar-refractivity contribution in [3.05, 3.63) is 30.1 Å². The maximum atomic E-state index is 13.3. The molecule has 4 amide bonds. The average Bonchev–Trinajstić information content (AvgIpc) is 3.45. The van der Waals surface area contributed by atoms with Crippen molar-refractivity contribution in [2.75, 3.05) is 13.1 Å². The van der Waals surface area contributed by atoms with Crippen molar-refractivity contribution in [3.63, 3.8) is 0 Å². The van der Waals surface area contributed by atoms with Gasteiger partial charge in [-0.05, 0) is 37.3 Å². The lowest BCUT2D eigenvalue weighted by Gasteiger charge is -2.30. The number of hydroxylamine groups is 2. The average molecular weight is 416 g/mol. The maximum Gasteiger partial charge on any atom is 0.259 e. The van der Waals surface area contributed by atoms with Gasteiger partial charge >= 0.3 is 0 Å². The SMILES string of the molecule is O=CN(O)C[C@@H](CC1CCCC1)C(=O)N1CCC[C@@H]1C(=O)NC(=O)c1cccnc1. The number of likely N-dealkylation sites (tertiary alicyclic amines) is 1. The van der Waals surface area contributed by atoms with Crippen LogP contribution in [-0.2, 0) is 14.4 Å². The van der Waals surface area contributed by atoms with Gasteiger partial charge in [0.2, 0.25) is 18.2 Å². The number of pyridine rings is 1. The minimum atomic E-state index is -0.743. The number of imide groups is 1.